The molecule has 0 aliphatic heterocycles. The molecule has 0 aromatic heterocycles. The number of quaternary nitrogens is 1. The Morgan fingerprint density at radius 3 is 1.09 bits per heavy atom. The number of carboxylic acid groups (broad SMARTS) is 1. The Kier molecular flexibility index (Phi) is 55.1. The van der Waals surface area contributed by atoms with Gasteiger partial charge in [0.05, 0.1) is 40.3 Å². The summed E-state index contributed by atoms with van der Waals surface area (Å²) < 4.78 is 22.7. The highest BCUT2D eigenvalue weighted by atomic mass is 16.7. The minimum Gasteiger partial charge on any atom is -0.545 e. The van der Waals surface area contributed by atoms with Crippen molar-refractivity contribution in [1.29, 1.82) is 0 Å². The van der Waals surface area contributed by atoms with E-state index in [0.717, 1.165) is 109 Å². The molecule has 2 unspecified atom stereocenters. The van der Waals surface area contributed by atoms with E-state index in [-0.39, 0.29) is 38.6 Å². The zero-order valence-corrected chi connectivity index (χ0v) is 50.2. The lowest BCUT2D eigenvalue weighted by atomic mass is 10.0. The van der Waals surface area contributed by atoms with E-state index in [1.165, 1.54) is 83.5 Å². The third-order valence-electron chi connectivity index (χ3n) is 12.7. The molecule has 9 heteroatoms. The summed E-state index contributed by atoms with van der Waals surface area (Å²) >= 11 is 0. The Bertz CT molecular complexity index is 1740. The van der Waals surface area contributed by atoms with Gasteiger partial charge in [0.25, 0.3) is 0 Å². The SMILES string of the molecule is CC/C=C\C/C=C\C/C=C\C/C=C\C/C=C\C/C=C\C/C=C\C/C=C\C/C=C\C/C=C\C/C=C\CCCCCC(=O)OC(COC(=O)CCCCCCCCCCCCCCCCCC)COC(OCC[N+](C)(C)C)C(=O)[O-]. The van der Waals surface area contributed by atoms with Gasteiger partial charge in [0.1, 0.15) is 13.2 Å². The van der Waals surface area contributed by atoms with E-state index < -0.39 is 24.3 Å². The Morgan fingerprint density at radius 2 is 0.731 bits per heavy atom. The molecular formula is C69H113NO8. The second kappa shape index (κ2) is 58.6. The van der Waals surface area contributed by atoms with Gasteiger partial charge in [-0.25, -0.2) is 0 Å². The van der Waals surface area contributed by atoms with Crippen LogP contribution in [0.15, 0.2) is 134 Å². The van der Waals surface area contributed by atoms with Gasteiger partial charge < -0.3 is 33.3 Å². The van der Waals surface area contributed by atoms with Crippen molar-refractivity contribution >= 4 is 17.9 Å². The number of carbonyl (C=O) groups is 3. The molecule has 78 heavy (non-hydrogen) atoms. The summed E-state index contributed by atoms with van der Waals surface area (Å²) in [5, 5.41) is 11.8. The highest BCUT2D eigenvalue weighted by Crippen LogP contribution is 2.15. The molecule has 442 valence electrons. The molecule has 0 aliphatic rings. The van der Waals surface area contributed by atoms with Gasteiger partial charge in [-0.2, -0.15) is 0 Å². The van der Waals surface area contributed by atoms with Crippen LogP contribution >= 0.6 is 0 Å². The van der Waals surface area contributed by atoms with Crippen molar-refractivity contribution in [3.8, 4) is 0 Å². The zero-order valence-electron chi connectivity index (χ0n) is 50.2. The molecular weight excluding hydrogens is 971 g/mol. The second-order valence-electron chi connectivity index (χ2n) is 21.3. The van der Waals surface area contributed by atoms with Crippen LogP contribution in [0.1, 0.15) is 226 Å². The Labute approximate surface area is 478 Å². The number of carboxylic acids is 1. The first-order chi connectivity index (χ1) is 38.1. The number of carbonyl (C=O) groups excluding carboxylic acids is 3. The molecule has 0 aromatic carbocycles. The first-order valence-corrected chi connectivity index (χ1v) is 30.8. The van der Waals surface area contributed by atoms with E-state index in [0.29, 0.717) is 17.4 Å². The first-order valence-electron chi connectivity index (χ1n) is 30.8. The van der Waals surface area contributed by atoms with Crippen LogP contribution in [-0.4, -0.2) is 82.3 Å². The lowest BCUT2D eigenvalue weighted by Crippen LogP contribution is -2.44. The summed E-state index contributed by atoms with van der Waals surface area (Å²) in [4.78, 5) is 37.3. The summed E-state index contributed by atoms with van der Waals surface area (Å²) in [7, 11) is 5.90. The Balaban J connectivity index is 4.29. The molecule has 0 heterocycles. The molecule has 0 saturated heterocycles. The number of hydrogen-bond acceptors (Lipinski definition) is 8. The van der Waals surface area contributed by atoms with Gasteiger partial charge in [-0.05, 0) is 96.3 Å². The molecule has 0 radical (unpaired) electrons. The van der Waals surface area contributed by atoms with E-state index in [2.05, 4.69) is 148 Å². The third kappa shape index (κ3) is 59.1. The maximum absolute atomic E-state index is 12.9. The average Bonchev–Trinajstić information content (AvgIpc) is 3.41. The van der Waals surface area contributed by atoms with Gasteiger partial charge in [-0.15, -0.1) is 0 Å². The maximum Gasteiger partial charge on any atom is 0.306 e. The summed E-state index contributed by atoms with van der Waals surface area (Å²) in [6.45, 7) is 4.59. The highest BCUT2D eigenvalue weighted by Gasteiger charge is 2.22. The summed E-state index contributed by atoms with van der Waals surface area (Å²) in [5.41, 5.74) is 0. The smallest absolute Gasteiger partial charge is 0.306 e. The monoisotopic (exact) mass is 1080 g/mol. The minimum atomic E-state index is -1.64. The van der Waals surface area contributed by atoms with Crippen LogP contribution in [0.3, 0.4) is 0 Å². The number of esters is 2. The summed E-state index contributed by atoms with van der Waals surface area (Å²) in [6.07, 6.45) is 80.8. The number of rotatable bonds is 55. The second-order valence-corrected chi connectivity index (χ2v) is 21.3. The van der Waals surface area contributed by atoms with E-state index in [1.54, 1.807) is 0 Å². The van der Waals surface area contributed by atoms with Gasteiger partial charge >= 0.3 is 11.9 Å². The molecule has 0 aromatic rings. The number of unbranched alkanes of at least 4 members (excludes halogenated alkanes) is 18. The predicted molar refractivity (Wildman–Crippen MR) is 329 cm³/mol. The van der Waals surface area contributed by atoms with Crippen molar-refractivity contribution in [1.82, 2.24) is 0 Å². The largest absolute Gasteiger partial charge is 0.545 e. The summed E-state index contributed by atoms with van der Waals surface area (Å²) in [6, 6.07) is 0. The van der Waals surface area contributed by atoms with Crippen LogP contribution in [0.25, 0.3) is 0 Å². The van der Waals surface area contributed by atoms with E-state index >= 15 is 0 Å². The Hall–Kier alpha value is -4.57. The van der Waals surface area contributed by atoms with Gasteiger partial charge in [-0.3, -0.25) is 9.59 Å². The van der Waals surface area contributed by atoms with Crippen LogP contribution in [0, 0.1) is 0 Å². The topological polar surface area (TPSA) is 111 Å². The number of allylic oxidation sites excluding steroid dienone is 22. The van der Waals surface area contributed by atoms with Crippen molar-refractivity contribution in [3.63, 3.8) is 0 Å². The van der Waals surface area contributed by atoms with Crippen molar-refractivity contribution in [3.05, 3.63) is 134 Å². The van der Waals surface area contributed by atoms with E-state index in [9.17, 15) is 19.5 Å². The van der Waals surface area contributed by atoms with Crippen molar-refractivity contribution in [2.75, 3.05) is 47.5 Å². The number of likely N-dealkylation sites (N-methyl/N-ethyl adjacent to an activating group) is 1. The molecule has 0 aliphatic carbocycles. The molecule has 9 nitrogen and oxygen atoms in total. The fourth-order valence-corrected chi connectivity index (χ4v) is 7.95. The van der Waals surface area contributed by atoms with Gasteiger partial charge in [0, 0.05) is 12.8 Å². The van der Waals surface area contributed by atoms with Gasteiger partial charge in [-0.1, -0.05) is 250 Å². The molecule has 0 amide bonds. The van der Waals surface area contributed by atoms with Gasteiger partial charge in [0.15, 0.2) is 12.4 Å². The average molecular weight is 1080 g/mol. The molecule has 0 spiro atoms. The van der Waals surface area contributed by atoms with Crippen LogP contribution in [-0.2, 0) is 33.3 Å². The van der Waals surface area contributed by atoms with Crippen LogP contribution in [0.2, 0.25) is 0 Å². The highest BCUT2D eigenvalue weighted by molar-refractivity contribution is 5.70. The van der Waals surface area contributed by atoms with Crippen molar-refractivity contribution in [2.45, 2.75) is 238 Å². The standard InChI is InChI=1S/C69H113NO8/c1-6-8-10-12-14-16-18-20-22-24-25-26-27-28-29-30-31-32-33-34-35-36-37-38-39-40-41-42-43-44-46-48-50-52-54-56-58-60-67(72)78-65(64-77-69(68(73)74)75-62-61-70(3,4)5)63-76-66(71)59-57-55-53-51-49-47-45-23-21-19-17-15-13-11-9-7-2/h8,10,14,16,20,22,25-26,28-29,31-32,34-35,37-38,40-41,43-44,48,50,65,69H,6-7,9,11-13,15,17-19,21,23-24,27,30,33,36,39,42,45-47,49,51-64H2,1-5H3/b10-8-,16-14-,22-20-,26-25-,29-28-,32-31-,35-34-,38-37-,41-40-,44-43-,50-48-. The molecule has 0 N–H and O–H groups in total. The molecule has 0 fully saturated rings. The molecule has 2 atom stereocenters. The minimum absolute atomic E-state index is 0.135. The first kappa shape index (κ1) is 73.4. The van der Waals surface area contributed by atoms with Crippen molar-refractivity contribution in [2.24, 2.45) is 0 Å². The quantitative estimate of drug-likeness (QED) is 0.0195. The number of ether oxygens (including phenoxy) is 4. The molecule has 0 saturated carbocycles. The summed E-state index contributed by atoms with van der Waals surface area (Å²) in [5.74, 6) is -2.34. The molecule has 0 bridgehead atoms. The third-order valence-corrected chi connectivity index (χ3v) is 12.7. The van der Waals surface area contributed by atoms with Gasteiger partial charge in [0.2, 0.25) is 0 Å². The van der Waals surface area contributed by atoms with E-state index in [4.69, 9.17) is 18.9 Å². The van der Waals surface area contributed by atoms with Crippen LogP contribution < -0.4 is 5.11 Å². The number of aliphatic carboxylic acids is 1. The maximum atomic E-state index is 12.9. The number of hydrogen-bond donors (Lipinski definition) is 0. The van der Waals surface area contributed by atoms with Crippen molar-refractivity contribution < 1.29 is 42.9 Å². The molecule has 0 rings (SSSR count). The van der Waals surface area contributed by atoms with Crippen LogP contribution in [0.4, 0.5) is 0 Å². The zero-order chi connectivity index (χ0) is 56.9. The fourth-order valence-electron chi connectivity index (χ4n) is 7.95. The van der Waals surface area contributed by atoms with E-state index in [1.807, 2.05) is 21.1 Å². The lowest BCUT2D eigenvalue weighted by molar-refractivity contribution is -0.870. The van der Waals surface area contributed by atoms with Crippen LogP contribution in [0.5, 0.6) is 0 Å². The Morgan fingerprint density at radius 1 is 0.397 bits per heavy atom. The lowest BCUT2D eigenvalue weighted by Gasteiger charge is -2.26. The fraction of sp³-hybridized carbons (Fsp3) is 0.638. The predicted octanol–water partition coefficient (Wildman–Crippen LogP) is 17.3. The number of nitrogens with zero attached hydrogens (tertiary/aromatic N) is 1. The normalized spacial score (nSPS) is 13.7.